The maximum atomic E-state index is 11.8. The lowest BCUT2D eigenvalue weighted by Gasteiger charge is -2.19. The number of hydrogen-bond donors (Lipinski definition) is 1. The molecule has 92 valence electrons. The first-order valence-corrected chi connectivity index (χ1v) is 7.05. The molecule has 0 aromatic heterocycles. The lowest BCUT2D eigenvalue weighted by molar-refractivity contribution is -0.140. The van der Waals surface area contributed by atoms with Crippen LogP contribution in [0.15, 0.2) is 0 Å². The molecule has 0 saturated carbocycles. The Bertz CT molecular complexity index is 317. The number of carbonyl (C=O) groups is 2. The molecular formula is C10H18N2O3S. The molecule has 2 unspecified atom stereocenters. The molecule has 0 aliphatic carbocycles. The van der Waals surface area contributed by atoms with Gasteiger partial charge in [-0.25, -0.2) is 0 Å². The van der Waals surface area contributed by atoms with Crippen molar-refractivity contribution in [3.05, 3.63) is 0 Å². The zero-order chi connectivity index (χ0) is 12.3. The molecule has 0 aromatic rings. The molecule has 0 radical (unpaired) electrons. The fraction of sp³-hybridized carbons (Fsp3) is 0.800. The van der Waals surface area contributed by atoms with Gasteiger partial charge in [-0.1, -0.05) is 0 Å². The first-order valence-electron chi connectivity index (χ1n) is 5.32. The monoisotopic (exact) mass is 246 g/mol. The number of hydrogen-bond acceptors (Lipinski definition) is 4. The van der Waals surface area contributed by atoms with Crippen molar-refractivity contribution in [1.82, 2.24) is 10.2 Å². The van der Waals surface area contributed by atoms with E-state index in [1.54, 1.807) is 6.26 Å². The van der Waals surface area contributed by atoms with Gasteiger partial charge in [-0.3, -0.25) is 18.7 Å². The standard InChI is InChI=1S/C10H18N2O3S/c1-7(2)12-9(13)6-8(10(12)14)11-4-5-16(3)15/h7-8,11H,4-6H2,1-3H3. The van der Waals surface area contributed by atoms with Crippen LogP contribution >= 0.6 is 0 Å². The van der Waals surface area contributed by atoms with E-state index >= 15 is 0 Å². The summed E-state index contributed by atoms with van der Waals surface area (Å²) < 4.78 is 10.8. The number of amides is 2. The molecule has 0 spiro atoms. The Morgan fingerprint density at radius 3 is 2.56 bits per heavy atom. The van der Waals surface area contributed by atoms with Crippen LogP contribution in [0.3, 0.4) is 0 Å². The van der Waals surface area contributed by atoms with Gasteiger partial charge in [0.25, 0.3) is 0 Å². The maximum Gasteiger partial charge on any atom is 0.247 e. The second-order valence-electron chi connectivity index (χ2n) is 4.18. The molecule has 1 N–H and O–H groups in total. The quantitative estimate of drug-likeness (QED) is 0.664. The highest BCUT2D eigenvalue weighted by Crippen LogP contribution is 2.15. The smallest absolute Gasteiger partial charge is 0.247 e. The Morgan fingerprint density at radius 1 is 1.50 bits per heavy atom. The molecule has 1 saturated heterocycles. The number of carbonyl (C=O) groups excluding carboxylic acids is 2. The fourth-order valence-electron chi connectivity index (χ4n) is 1.73. The minimum Gasteiger partial charge on any atom is -0.305 e. The third-order valence-corrected chi connectivity index (χ3v) is 3.26. The summed E-state index contributed by atoms with van der Waals surface area (Å²) in [6, 6.07) is -0.523. The summed E-state index contributed by atoms with van der Waals surface area (Å²) in [6.07, 6.45) is 1.83. The summed E-state index contributed by atoms with van der Waals surface area (Å²) in [4.78, 5) is 24.6. The number of rotatable bonds is 5. The van der Waals surface area contributed by atoms with Gasteiger partial charge in [0.15, 0.2) is 0 Å². The van der Waals surface area contributed by atoms with Crippen molar-refractivity contribution in [2.45, 2.75) is 32.4 Å². The van der Waals surface area contributed by atoms with Crippen molar-refractivity contribution in [2.24, 2.45) is 0 Å². The highest BCUT2D eigenvalue weighted by molar-refractivity contribution is 7.84. The summed E-state index contributed by atoms with van der Waals surface area (Å²) in [7, 11) is -0.875. The first kappa shape index (κ1) is 13.3. The Kier molecular flexibility index (Phi) is 4.61. The topological polar surface area (TPSA) is 66.5 Å². The maximum absolute atomic E-state index is 11.8. The van der Waals surface area contributed by atoms with Crippen LogP contribution in [-0.2, 0) is 20.4 Å². The Balaban J connectivity index is 2.49. The van der Waals surface area contributed by atoms with Crippen molar-refractivity contribution >= 4 is 22.6 Å². The molecule has 1 aliphatic heterocycles. The van der Waals surface area contributed by atoms with E-state index in [0.29, 0.717) is 12.3 Å². The molecule has 2 atom stereocenters. The lowest BCUT2D eigenvalue weighted by atomic mass is 10.2. The Morgan fingerprint density at radius 2 is 2.12 bits per heavy atom. The predicted molar refractivity (Wildman–Crippen MR) is 62.3 cm³/mol. The van der Waals surface area contributed by atoms with Crippen molar-refractivity contribution in [3.63, 3.8) is 0 Å². The molecule has 1 heterocycles. The Labute approximate surface area is 98.0 Å². The summed E-state index contributed by atoms with van der Waals surface area (Å²) >= 11 is 0. The van der Waals surface area contributed by atoms with E-state index in [2.05, 4.69) is 5.32 Å². The fourth-order valence-corrected chi connectivity index (χ4v) is 2.14. The average molecular weight is 246 g/mol. The molecule has 0 bridgehead atoms. The minimum absolute atomic E-state index is 0.0906. The molecule has 6 heteroatoms. The number of nitrogens with one attached hydrogen (secondary N) is 1. The third kappa shape index (κ3) is 3.12. The van der Waals surface area contributed by atoms with Crippen LogP contribution in [0.2, 0.25) is 0 Å². The lowest BCUT2D eigenvalue weighted by Crippen LogP contribution is -2.42. The van der Waals surface area contributed by atoms with Gasteiger partial charge < -0.3 is 5.32 Å². The predicted octanol–water partition coefficient (Wildman–Crippen LogP) is -0.510. The highest BCUT2D eigenvalue weighted by Gasteiger charge is 2.39. The molecule has 1 aliphatic rings. The summed E-state index contributed by atoms with van der Waals surface area (Å²) in [5.41, 5.74) is 0. The average Bonchev–Trinajstić information content (AvgIpc) is 2.41. The molecule has 5 nitrogen and oxygen atoms in total. The molecular weight excluding hydrogens is 228 g/mol. The largest absolute Gasteiger partial charge is 0.305 e. The normalized spacial score (nSPS) is 23.2. The summed E-state index contributed by atoms with van der Waals surface area (Å²) in [5, 5.41) is 2.97. The van der Waals surface area contributed by atoms with Crippen molar-refractivity contribution in [3.8, 4) is 0 Å². The first-order chi connectivity index (χ1) is 7.43. The van der Waals surface area contributed by atoms with E-state index in [0.717, 1.165) is 0 Å². The molecule has 1 fully saturated rings. The summed E-state index contributed by atoms with van der Waals surface area (Å²) in [5.74, 6) is 0.205. The van der Waals surface area contributed by atoms with Crippen molar-refractivity contribution in [1.29, 1.82) is 0 Å². The van der Waals surface area contributed by atoms with E-state index in [4.69, 9.17) is 0 Å². The van der Waals surface area contributed by atoms with Gasteiger partial charge in [0.05, 0.1) is 12.5 Å². The van der Waals surface area contributed by atoms with Gasteiger partial charge in [-0.05, 0) is 13.8 Å². The van der Waals surface area contributed by atoms with Crippen LogP contribution in [-0.4, -0.2) is 51.6 Å². The number of imide groups is 1. The minimum atomic E-state index is -0.875. The van der Waals surface area contributed by atoms with E-state index < -0.39 is 16.8 Å². The van der Waals surface area contributed by atoms with Gasteiger partial charge in [0, 0.05) is 35.4 Å². The van der Waals surface area contributed by atoms with Gasteiger partial charge in [-0.15, -0.1) is 0 Å². The van der Waals surface area contributed by atoms with Gasteiger partial charge in [-0.2, -0.15) is 0 Å². The number of likely N-dealkylation sites (tertiary alicyclic amines) is 1. The van der Waals surface area contributed by atoms with Crippen LogP contribution in [0.4, 0.5) is 0 Å². The zero-order valence-electron chi connectivity index (χ0n) is 9.86. The van der Waals surface area contributed by atoms with Gasteiger partial charge in [0.2, 0.25) is 11.8 Å². The van der Waals surface area contributed by atoms with E-state index in [9.17, 15) is 13.8 Å². The molecule has 16 heavy (non-hydrogen) atoms. The zero-order valence-corrected chi connectivity index (χ0v) is 10.7. The van der Waals surface area contributed by atoms with Gasteiger partial charge >= 0.3 is 0 Å². The van der Waals surface area contributed by atoms with E-state index in [-0.39, 0.29) is 24.3 Å². The third-order valence-electron chi connectivity index (χ3n) is 2.48. The van der Waals surface area contributed by atoms with E-state index in [1.165, 1.54) is 4.90 Å². The Hall–Kier alpha value is -0.750. The van der Waals surface area contributed by atoms with Crippen LogP contribution in [0.1, 0.15) is 20.3 Å². The van der Waals surface area contributed by atoms with Crippen molar-refractivity contribution < 1.29 is 13.8 Å². The second kappa shape index (κ2) is 5.54. The van der Waals surface area contributed by atoms with Gasteiger partial charge in [0.1, 0.15) is 0 Å². The SMILES string of the molecule is CC(C)N1C(=O)CC(NCCS(C)=O)C1=O. The van der Waals surface area contributed by atoms with E-state index in [1.807, 2.05) is 13.8 Å². The van der Waals surface area contributed by atoms with Crippen LogP contribution in [0, 0.1) is 0 Å². The number of nitrogens with zero attached hydrogens (tertiary/aromatic N) is 1. The second-order valence-corrected chi connectivity index (χ2v) is 5.74. The van der Waals surface area contributed by atoms with Crippen LogP contribution < -0.4 is 5.32 Å². The molecule has 1 rings (SSSR count). The van der Waals surface area contributed by atoms with Crippen LogP contribution in [0.25, 0.3) is 0 Å². The molecule has 0 aromatic carbocycles. The molecule has 2 amide bonds. The van der Waals surface area contributed by atoms with Crippen LogP contribution in [0.5, 0.6) is 0 Å². The summed E-state index contributed by atoms with van der Waals surface area (Å²) in [6.45, 7) is 4.14. The highest BCUT2D eigenvalue weighted by atomic mass is 32.2. The van der Waals surface area contributed by atoms with Crippen molar-refractivity contribution in [2.75, 3.05) is 18.6 Å².